The van der Waals surface area contributed by atoms with E-state index in [0.29, 0.717) is 12.3 Å². The van der Waals surface area contributed by atoms with Crippen molar-refractivity contribution in [3.63, 3.8) is 0 Å². The van der Waals surface area contributed by atoms with Crippen molar-refractivity contribution in [2.75, 3.05) is 20.8 Å². The van der Waals surface area contributed by atoms with Crippen LogP contribution in [0.3, 0.4) is 0 Å². The van der Waals surface area contributed by atoms with E-state index in [9.17, 15) is 14.0 Å². The van der Waals surface area contributed by atoms with E-state index in [2.05, 4.69) is 5.10 Å². The second kappa shape index (κ2) is 9.21. The fraction of sp³-hybridized carbons (Fsp3) is 0.227. The Morgan fingerprint density at radius 3 is 2.33 bits per heavy atom. The van der Waals surface area contributed by atoms with Crippen LogP contribution in [0, 0.1) is 5.82 Å². The van der Waals surface area contributed by atoms with Gasteiger partial charge in [-0.2, -0.15) is 5.10 Å². The van der Waals surface area contributed by atoms with Crippen LogP contribution in [0.2, 0.25) is 0 Å². The second-order valence-corrected chi connectivity index (χ2v) is 6.30. The van der Waals surface area contributed by atoms with Gasteiger partial charge in [0.1, 0.15) is 11.3 Å². The highest BCUT2D eigenvalue weighted by Gasteiger charge is 2.31. The lowest BCUT2D eigenvalue weighted by Crippen LogP contribution is -2.15. The molecule has 30 heavy (non-hydrogen) atoms. The summed E-state index contributed by atoms with van der Waals surface area (Å²) in [6.45, 7) is 2.29. The number of methoxy groups -OCH3 is 2. The Morgan fingerprint density at radius 2 is 1.73 bits per heavy atom. The summed E-state index contributed by atoms with van der Waals surface area (Å²) in [6.07, 6.45) is 0.734. The van der Waals surface area contributed by atoms with Crippen molar-refractivity contribution < 1.29 is 28.2 Å². The molecule has 0 saturated heterocycles. The molecule has 0 aliphatic carbocycles. The van der Waals surface area contributed by atoms with Gasteiger partial charge in [0.2, 0.25) is 0 Å². The second-order valence-electron chi connectivity index (χ2n) is 6.30. The van der Waals surface area contributed by atoms with E-state index < -0.39 is 17.8 Å². The van der Waals surface area contributed by atoms with Crippen LogP contribution in [-0.4, -0.2) is 42.5 Å². The molecule has 0 N–H and O–H groups in total. The van der Waals surface area contributed by atoms with Crippen LogP contribution in [0.1, 0.15) is 34.2 Å². The van der Waals surface area contributed by atoms with Crippen molar-refractivity contribution in [2.45, 2.75) is 13.3 Å². The summed E-state index contributed by atoms with van der Waals surface area (Å²) >= 11 is 0. The Balaban J connectivity index is 2.24. The van der Waals surface area contributed by atoms with Gasteiger partial charge >= 0.3 is 11.9 Å². The monoisotopic (exact) mass is 412 g/mol. The van der Waals surface area contributed by atoms with Crippen LogP contribution in [-0.2, 0) is 9.47 Å². The molecule has 0 saturated carbocycles. The molecule has 1 heterocycles. The molecule has 2 aromatic carbocycles. The molecule has 0 unspecified atom stereocenters. The first kappa shape index (κ1) is 21.0. The molecule has 7 nitrogen and oxygen atoms in total. The standard InChI is InChI=1S/C22H21FN2O5/c1-4-12-30-17-11-10-14(13-16(17)23)19-18(21(26)28-2)20(22(27)29-3)25(24-19)15-8-6-5-7-9-15/h5-11,13H,4,12H2,1-3H3. The normalized spacial score (nSPS) is 10.5. The molecule has 0 radical (unpaired) electrons. The van der Waals surface area contributed by atoms with Gasteiger partial charge in [0.05, 0.1) is 26.5 Å². The van der Waals surface area contributed by atoms with Crippen LogP contribution in [0.4, 0.5) is 4.39 Å². The SMILES string of the molecule is CCCOc1ccc(-c2nn(-c3ccccc3)c(C(=O)OC)c2C(=O)OC)cc1F. The maximum atomic E-state index is 14.6. The molecule has 0 aliphatic rings. The summed E-state index contributed by atoms with van der Waals surface area (Å²) in [7, 11) is 2.39. The van der Waals surface area contributed by atoms with E-state index in [1.54, 1.807) is 36.4 Å². The number of aromatic nitrogens is 2. The van der Waals surface area contributed by atoms with E-state index in [4.69, 9.17) is 14.2 Å². The number of halogens is 1. The Hall–Kier alpha value is -3.68. The van der Waals surface area contributed by atoms with Crippen LogP contribution in [0.25, 0.3) is 16.9 Å². The lowest BCUT2D eigenvalue weighted by Gasteiger charge is -2.08. The molecule has 0 atom stereocenters. The highest BCUT2D eigenvalue weighted by atomic mass is 19.1. The maximum absolute atomic E-state index is 14.6. The van der Waals surface area contributed by atoms with Crippen LogP contribution >= 0.6 is 0 Å². The smallest absolute Gasteiger partial charge is 0.357 e. The lowest BCUT2D eigenvalue weighted by atomic mass is 10.1. The Morgan fingerprint density at radius 1 is 1.03 bits per heavy atom. The van der Waals surface area contributed by atoms with Gasteiger partial charge in [-0.05, 0) is 36.8 Å². The molecule has 0 spiro atoms. The summed E-state index contributed by atoms with van der Waals surface area (Å²) < 4.78 is 30.9. The predicted molar refractivity (Wildman–Crippen MR) is 107 cm³/mol. The van der Waals surface area contributed by atoms with Gasteiger partial charge in [0, 0.05) is 5.56 Å². The van der Waals surface area contributed by atoms with Gasteiger partial charge in [-0.15, -0.1) is 0 Å². The van der Waals surface area contributed by atoms with Crippen molar-refractivity contribution >= 4 is 11.9 Å². The van der Waals surface area contributed by atoms with Gasteiger partial charge in [-0.25, -0.2) is 18.7 Å². The number of nitrogens with zero attached hydrogens (tertiary/aromatic N) is 2. The summed E-state index contributed by atoms with van der Waals surface area (Å²) in [4.78, 5) is 25.1. The van der Waals surface area contributed by atoms with Crippen molar-refractivity contribution in [3.05, 3.63) is 65.6 Å². The largest absolute Gasteiger partial charge is 0.491 e. The summed E-state index contributed by atoms with van der Waals surface area (Å²) in [5.74, 6) is -2.08. The minimum absolute atomic E-state index is 0.0899. The molecule has 156 valence electrons. The minimum atomic E-state index is -0.792. The van der Waals surface area contributed by atoms with Gasteiger partial charge in [0.15, 0.2) is 17.3 Å². The molecular formula is C22H21FN2O5. The first-order valence-corrected chi connectivity index (χ1v) is 9.29. The van der Waals surface area contributed by atoms with Gasteiger partial charge in [-0.3, -0.25) is 0 Å². The predicted octanol–water partition coefficient (Wildman–Crippen LogP) is 4.04. The first-order chi connectivity index (χ1) is 14.5. The number of ether oxygens (including phenoxy) is 3. The van der Waals surface area contributed by atoms with E-state index in [1.807, 2.05) is 6.92 Å². The van der Waals surface area contributed by atoms with E-state index in [-0.39, 0.29) is 28.3 Å². The average molecular weight is 412 g/mol. The summed E-state index contributed by atoms with van der Waals surface area (Å²) in [6, 6.07) is 13.0. The molecule has 3 rings (SSSR count). The summed E-state index contributed by atoms with van der Waals surface area (Å²) in [5, 5.41) is 4.43. The number of carbonyl (C=O) groups excluding carboxylic acids is 2. The van der Waals surface area contributed by atoms with E-state index in [1.165, 1.54) is 31.0 Å². The molecule has 8 heteroatoms. The Kier molecular flexibility index (Phi) is 6.46. The van der Waals surface area contributed by atoms with Crippen molar-refractivity contribution in [3.8, 4) is 22.7 Å². The Labute approximate surface area is 173 Å². The molecule has 0 fully saturated rings. The molecule has 1 aromatic heterocycles. The summed E-state index contributed by atoms with van der Waals surface area (Å²) in [5.41, 5.74) is 0.674. The number of esters is 2. The first-order valence-electron chi connectivity index (χ1n) is 9.29. The number of benzene rings is 2. The third-order valence-electron chi connectivity index (χ3n) is 4.32. The zero-order chi connectivity index (χ0) is 21.7. The number of para-hydroxylation sites is 1. The number of hydrogen-bond acceptors (Lipinski definition) is 6. The molecule has 0 aliphatic heterocycles. The van der Waals surface area contributed by atoms with Gasteiger partial charge in [0.25, 0.3) is 0 Å². The number of hydrogen-bond donors (Lipinski definition) is 0. The van der Waals surface area contributed by atoms with Crippen molar-refractivity contribution in [1.29, 1.82) is 0 Å². The zero-order valence-electron chi connectivity index (χ0n) is 16.8. The van der Waals surface area contributed by atoms with Crippen LogP contribution < -0.4 is 4.74 Å². The van der Waals surface area contributed by atoms with E-state index >= 15 is 0 Å². The van der Waals surface area contributed by atoms with Crippen molar-refractivity contribution in [2.24, 2.45) is 0 Å². The lowest BCUT2D eigenvalue weighted by molar-refractivity contribution is 0.0549. The molecule has 3 aromatic rings. The topological polar surface area (TPSA) is 79.7 Å². The molecule has 0 amide bonds. The van der Waals surface area contributed by atoms with Crippen LogP contribution in [0.15, 0.2) is 48.5 Å². The fourth-order valence-electron chi connectivity index (χ4n) is 2.93. The highest BCUT2D eigenvalue weighted by Crippen LogP contribution is 2.31. The van der Waals surface area contributed by atoms with Crippen LogP contribution in [0.5, 0.6) is 5.75 Å². The third-order valence-corrected chi connectivity index (χ3v) is 4.32. The van der Waals surface area contributed by atoms with Gasteiger partial charge in [-0.1, -0.05) is 25.1 Å². The van der Waals surface area contributed by atoms with Crippen molar-refractivity contribution in [1.82, 2.24) is 9.78 Å². The highest BCUT2D eigenvalue weighted by molar-refractivity contribution is 6.06. The maximum Gasteiger partial charge on any atom is 0.357 e. The molecular weight excluding hydrogens is 391 g/mol. The molecule has 0 bridgehead atoms. The third kappa shape index (κ3) is 4.03. The number of carbonyl (C=O) groups is 2. The zero-order valence-corrected chi connectivity index (χ0v) is 16.8. The number of rotatable bonds is 7. The Bertz CT molecular complexity index is 1060. The minimum Gasteiger partial charge on any atom is -0.491 e. The van der Waals surface area contributed by atoms with Gasteiger partial charge < -0.3 is 14.2 Å². The van der Waals surface area contributed by atoms with E-state index in [0.717, 1.165) is 6.42 Å². The quantitative estimate of drug-likeness (QED) is 0.545. The average Bonchev–Trinajstić information content (AvgIpc) is 3.18. The fourth-order valence-corrected chi connectivity index (χ4v) is 2.93.